The van der Waals surface area contributed by atoms with Gasteiger partial charge in [0, 0.05) is 13.2 Å². The van der Waals surface area contributed by atoms with E-state index in [2.05, 4.69) is 13.8 Å². The number of epoxide rings is 1. The highest BCUT2D eigenvalue weighted by atomic mass is 16.6. The fourth-order valence-corrected chi connectivity index (χ4v) is 3.24. The second kappa shape index (κ2) is 7.49. The molecule has 2 aliphatic rings. The van der Waals surface area contributed by atoms with Crippen LogP contribution in [0.3, 0.4) is 0 Å². The zero-order valence-corrected chi connectivity index (χ0v) is 12.2. The van der Waals surface area contributed by atoms with Crippen LogP contribution in [-0.4, -0.2) is 25.4 Å². The second-order valence-corrected chi connectivity index (χ2v) is 6.35. The standard InChI is InChI=1S/C16H30O2/c1-3-4-5-6-8-17-9-7-13(2)10-14-11-15-16(12-14)18-15/h13-16H,3-12H2,1-2H3. The maximum absolute atomic E-state index is 5.72. The lowest BCUT2D eigenvalue weighted by molar-refractivity contribution is 0.113. The summed E-state index contributed by atoms with van der Waals surface area (Å²) in [7, 11) is 0. The van der Waals surface area contributed by atoms with Crippen molar-refractivity contribution >= 4 is 0 Å². The van der Waals surface area contributed by atoms with E-state index in [0.717, 1.165) is 25.0 Å². The molecule has 0 aromatic rings. The Hall–Kier alpha value is -0.0800. The number of fused-ring (bicyclic) bond motifs is 1. The van der Waals surface area contributed by atoms with Crippen molar-refractivity contribution in [3.63, 3.8) is 0 Å². The van der Waals surface area contributed by atoms with Gasteiger partial charge in [0.05, 0.1) is 12.2 Å². The van der Waals surface area contributed by atoms with Crippen LogP contribution in [0.2, 0.25) is 0 Å². The maximum Gasteiger partial charge on any atom is 0.0844 e. The monoisotopic (exact) mass is 254 g/mol. The van der Waals surface area contributed by atoms with E-state index in [9.17, 15) is 0 Å². The summed E-state index contributed by atoms with van der Waals surface area (Å²) in [6, 6.07) is 0. The van der Waals surface area contributed by atoms with Gasteiger partial charge in [-0.1, -0.05) is 33.1 Å². The summed E-state index contributed by atoms with van der Waals surface area (Å²) in [5.74, 6) is 1.76. The zero-order valence-electron chi connectivity index (χ0n) is 12.2. The van der Waals surface area contributed by atoms with Crippen molar-refractivity contribution in [2.24, 2.45) is 11.8 Å². The summed E-state index contributed by atoms with van der Waals surface area (Å²) < 4.78 is 11.2. The van der Waals surface area contributed by atoms with Crippen molar-refractivity contribution in [2.75, 3.05) is 13.2 Å². The van der Waals surface area contributed by atoms with Crippen LogP contribution in [-0.2, 0) is 9.47 Å². The average Bonchev–Trinajstić information content (AvgIpc) is 2.96. The Bertz CT molecular complexity index is 219. The molecule has 0 aromatic heterocycles. The highest BCUT2D eigenvalue weighted by Gasteiger charge is 2.47. The predicted octanol–water partition coefficient (Wildman–Crippen LogP) is 4.18. The minimum absolute atomic E-state index is 0.650. The summed E-state index contributed by atoms with van der Waals surface area (Å²) in [6.45, 7) is 6.56. The number of ether oxygens (including phenoxy) is 2. The van der Waals surface area contributed by atoms with Gasteiger partial charge >= 0.3 is 0 Å². The summed E-state index contributed by atoms with van der Waals surface area (Å²) >= 11 is 0. The Labute approximate surface area is 112 Å². The van der Waals surface area contributed by atoms with Gasteiger partial charge in [-0.3, -0.25) is 0 Å². The van der Waals surface area contributed by atoms with Crippen LogP contribution in [0.25, 0.3) is 0 Å². The van der Waals surface area contributed by atoms with E-state index in [4.69, 9.17) is 9.47 Å². The van der Waals surface area contributed by atoms with Crippen molar-refractivity contribution < 1.29 is 9.47 Å². The van der Waals surface area contributed by atoms with Crippen LogP contribution in [0, 0.1) is 11.8 Å². The Morgan fingerprint density at radius 1 is 1.11 bits per heavy atom. The van der Waals surface area contributed by atoms with Gasteiger partial charge in [0.2, 0.25) is 0 Å². The third-order valence-corrected chi connectivity index (χ3v) is 4.45. The molecular formula is C16H30O2. The first-order valence-electron chi connectivity index (χ1n) is 8.02. The molecule has 1 aliphatic heterocycles. The van der Waals surface area contributed by atoms with Crippen LogP contribution < -0.4 is 0 Å². The molecule has 2 rings (SSSR count). The normalized spacial score (nSPS) is 31.3. The van der Waals surface area contributed by atoms with Gasteiger partial charge < -0.3 is 9.47 Å². The number of rotatable bonds is 10. The first-order chi connectivity index (χ1) is 8.79. The number of unbranched alkanes of at least 4 members (excludes halogenated alkanes) is 3. The Balaban J connectivity index is 1.39. The van der Waals surface area contributed by atoms with Crippen LogP contribution in [0.4, 0.5) is 0 Å². The Kier molecular flexibility index (Phi) is 5.97. The molecule has 0 N–H and O–H groups in total. The largest absolute Gasteiger partial charge is 0.381 e. The van der Waals surface area contributed by atoms with E-state index in [1.54, 1.807) is 0 Å². The lowest BCUT2D eigenvalue weighted by Gasteiger charge is -2.17. The molecule has 2 nitrogen and oxygen atoms in total. The molecule has 1 saturated heterocycles. The van der Waals surface area contributed by atoms with Gasteiger partial charge in [-0.15, -0.1) is 0 Å². The fraction of sp³-hybridized carbons (Fsp3) is 1.00. The molecule has 2 heteroatoms. The Morgan fingerprint density at radius 2 is 1.89 bits per heavy atom. The first kappa shape index (κ1) is 14.3. The molecule has 0 radical (unpaired) electrons. The molecule has 0 aromatic carbocycles. The van der Waals surface area contributed by atoms with Gasteiger partial charge in [0.1, 0.15) is 0 Å². The molecule has 18 heavy (non-hydrogen) atoms. The van der Waals surface area contributed by atoms with E-state index in [1.807, 2.05) is 0 Å². The van der Waals surface area contributed by atoms with E-state index in [1.165, 1.54) is 51.4 Å². The summed E-state index contributed by atoms with van der Waals surface area (Å²) in [5.41, 5.74) is 0. The Morgan fingerprint density at radius 3 is 2.61 bits per heavy atom. The van der Waals surface area contributed by atoms with Gasteiger partial charge in [0.25, 0.3) is 0 Å². The fourth-order valence-electron chi connectivity index (χ4n) is 3.24. The van der Waals surface area contributed by atoms with E-state index in [-0.39, 0.29) is 0 Å². The summed E-state index contributed by atoms with van der Waals surface area (Å²) in [4.78, 5) is 0. The van der Waals surface area contributed by atoms with Crippen LogP contribution in [0.15, 0.2) is 0 Å². The van der Waals surface area contributed by atoms with Crippen molar-refractivity contribution in [1.82, 2.24) is 0 Å². The van der Waals surface area contributed by atoms with Crippen molar-refractivity contribution in [1.29, 1.82) is 0 Å². The molecule has 0 amide bonds. The van der Waals surface area contributed by atoms with Crippen LogP contribution in [0.1, 0.15) is 65.2 Å². The van der Waals surface area contributed by atoms with E-state index < -0.39 is 0 Å². The van der Waals surface area contributed by atoms with Gasteiger partial charge in [-0.05, 0) is 43.9 Å². The van der Waals surface area contributed by atoms with E-state index >= 15 is 0 Å². The molecule has 3 unspecified atom stereocenters. The van der Waals surface area contributed by atoms with Crippen molar-refractivity contribution in [3.05, 3.63) is 0 Å². The molecule has 2 fully saturated rings. The minimum atomic E-state index is 0.650. The molecule has 0 spiro atoms. The minimum Gasteiger partial charge on any atom is -0.381 e. The van der Waals surface area contributed by atoms with Crippen molar-refractivity contribution in [3.8, 4) is 0 Å². The van der Waals surface area contributed by atoms with Gasteiger partial charge in [-0.25, -0.2) is 0 Å². The first-order valence-corrected chi connectivity index (χ1v) is 8.02. The average molecular weight is 254 g/mol. The third kappa shape index (κ3) is 4.89. The summed E-state index contributed by atoms with van der Waals surface area (Å²) in [5, 5.41) is 0. The smallest absolute Gasteiger partial charge is 0.0844 e. The highest BCUT2D eigenvalue weighted by Crippen LogP contribution is 2.44. The number of hydrogen-bond donors (Lipinski definition) is 0. The summed E-state index contributed by atoms with van der Waals surface area (Å²) in [6.07, 6.45) is 11.8. The van der Waals surface area contributed by atoms with Gasteiger partial charge in [-0.2, -0.15) is 0 Å². The van der Waals surface area contributed by atoms with Gasteiger partial charge in [0.15, 0.2) is 0 Å². The molecule has 1 aliphatic carbocycles. The molecule has 1 heterocycles. The molecular weight excluding hydrogens is 224 g/mol. The molecule has 1 saturated carbocycles. The maximum atomic E-state index is 5.72. The predicted molar refractivity (Wildman–Crippen MR) is 74.7 cm³/mol. The topological polar surface area (TPSA) is 21.8 Å². The lowest BCUT2D eigenvalue weighted by atomic mass is 9.92. The van der Waals surface area contributed by atoms with E-state index in [0.29, 0.717) is 12.2 Å². The number of hydrogen-bond acceptors (Lipinski definition) is 2. The quantitative estimate of drug-likeness (QED) is 0.431. The lowest BCUT2D eigenvalue weighted by Crippen LogP contribution is -2.09. The molecule has 0 bridgehead atoms. The second-order valence-electron chi connectivity index (χ2n) is 6.35. The van der Waals surface area contributed by atoms with Crippen LogP contribution >= 0.6 is 0 Å². The third-order valence-electron chi connectivity index (χ3n) is 4.45. The molecule has 3 atom stereocenters. The van der Waals surface area contributed by atoms with Crippen molar-refractivity contribution in [2.45, 2.75) is 77.4 Å². The molecule has 106 valence electrons. The van der Waals surface area contributed by atoms with Crippen LogP contribution in [0.5, 0.6) is 0 Å². The SMILES string of the molecule is CCCCCCOCCC(C)CC1CC2OC2C1. The zero-order chi connectivity index (χ0) is 12.8. The highest BCUT2D eigenvalue weighted by molar-refractivity contribution is 4.95.